The van der Waals surface area contributed by atoms with E-state index < -0.39 is 23.3 Å². The van der Waals surface area contributed by atoms with E-state index in [9.17, 15) is 19.5 Å². The molecule has 6 heteroatoms. The number of ether oxygens (including phenoxy) is 1. The summed E-state index contributed by atoms with van der Waals surface area (Å²) >= 11 is 0. The van der Waals surface area contributed by atoms with Crippen LogP contribution in [-0.2, 0) is 19.1 Å². The SMILES string of the molecule is C=CC1CC1(NC(=O)C1CC2CC1C(=O)O2)C(=O)O. The van der Waals surface area contributed by atoms with Gasteiger partial charge in [-0.2, -0.15) is 0 Å². The van der Waals surface area contributed by atoms with Gasteiger partial charge in [0.2, 0.25) is 5.91 Å². The van der Waals surface area contributed by atoms with Gasteiger partial charge in [-0.15, -0.1) is 6.58 Å². The molecule has 1 saturated heterocycles. The monoisotopic (exact) mass is 265 g/mol. The lowest BCUT2D eigenvalue weighted by molar-refractivity contribution is -0.154. The third kappa shape index (κ3) is 1.66. The second kappa shape index (κ2) is 3.82. The van der Waals surface area contributed by atoms with Gasteiger partial charge in [0, 0.05) is 5.92 Å². The zero-order chi connectivity index (χ0) is 13.8. The van der Waals surface area contributed by atoms with Crippen LogP contribution in [0.4, 0.5) is 0 Å². The fraction of sp³-hybridized carbons (Fsp3) is 0.615. The Morgan fingerprint density at radius 2 is 2.21 bits per heavy atom. The predicted molar refractivity (Wildman–Crippen MR) is 62.9 cm³/mol. The van der Waals surface area contributed by atoms with E-state index in [1.807, 2.05) is 0 Å². The van der Waals surface area contributed by atoms with Crippen molar-refractivity contribution in [3.63, 3.8) is 0 Å². The summed E-state index contributed by atoms with van der Waals surface area (Å²) in [7, 11) is 0. The molecule has 2 saturated carbocycles. The third-order valence-corrected chi connectivity index (χ3v) is 4.47. The van der Waals surface area contributed by atoms with Crippen LogP contribution in [0.25, 0.3) is 0 Å². The summed E-state index contributed by atoms with van der Waals surface area (Å²) < 4.78 is 5.02. The first-order valence-corrected chi connectivity index (χ1v) is 6.36. The number of carbonyl (C=O) groups excluding carboxylic acids is 2. The highest BCUT2D eigenvalue weighted by Crippen LogP contribution is 2.46. The Hall–Kier alpha value is -1.85. The number of amides is 1. The Balaban J connectivity index is 1.71. The van der Waals surface area contributed by atoms with Gasteiger partial charge in [-0.05, 0) is 19.3 Å². The molecule has 5 atom stereocenters. The molecule has 3 fully saturated rings. The molecule has 1 heterocycles. The summed E-state index contributed by atoms with van der Waals surface area (Å²) in [6.45, 7) is 3.57. The Bertz CT molecular complexity index is 487. The molecule has 0 aromatic carbocycles. The topological polar surface area (TPSA) is 92.7 Å². The van der Waals surface area contributed by atoms with Crippen LogP contribution in [0.1, 0.15) is 19.3 Å². The Morgan fingerprint density at radius 3 is 2.68 bits per heavy atom. The van der Waals surface area contributed by atoms with Crippen molar-refractivity contribution in [1.82, 2.24) is 5.32 Å². The number of rotatable bonds is 4. The molecule has 0 spiro atoms. The molecule has 1 aliphatic heterocycles. The highest BCUT2D eigenvalue weighted by atomic mass is 16.6. The average Bonchev–Trinajstić information content (AvgIpc) is 2.73. The highest BCUT2D eigenvalue weighted by Gasteiger charge is 2.62. The van der Waals surface area contributed by atoms with Crippen LogP contribution in [0, 0.1) is 17.8 Å². The second-order valence-corrected chi connectivity index (χ2v) is 5.56. The van der Waals surface area contributed by atoms with E-state index in [2.05, 4.69) is 11.9 Å². The largest absolute Gasteiger partial charge is 0.479 e. The fourth-order valence-corrected chi connectivity index (χ4v) is 3.22. The molecule has 1 amide bonds. The molecule has 3 aliphatic rings. The second-order valence-electron chi connectivity index (χ2n) is 5.56. The van der Waals surface area contributed by atoms with Gasteiger partial charge in [-0.3, -0.25) is 9.59 Å². The van der Waals surface area contributed by atoms with Gasteiger partial charge in [0.15, 0.2) is 0 Å². The maximum atomic E-state index is 12.2. The van der Waals surface area contributed by atoms with Gasteiger partial charge in [0.05, 0.1) is 11.8 Å². The normalized spacial score (nSPS) is 42.6. The molecule has 19 heavy (non-hydrogen) atoms. The fourth-order valence-electron chi connectivity index (χ4n) is 3.22. The number of nitrogens with one attached hydrogen (secondary N) is 1. The van der Waals surface area contributed by atoms with Crippen LogP contribution in [0.2, 0.25) is 0 Å². The summed E-state index contributed by atoms with van der Waals surface area (Å²) in [4.78, 5) is 34.9. The Labute approximate surface area is 109 Å². The van der Waals surface area contributed by atoms with Crippen molar-refractivity contribution in [2.75, 3.05) is 0 Å². The van der Waals surface area contributed by atoms with Crippen LogP contribution < -0.4 is 5.32 Å². The number of aliphatic carboxylic acids is 1. The minimum atomic E-state index is -1.22. The molecule has 2 aliphatic carbocycles. The van der Waals surface area contributed by atoms with Crippen LogP contribution in [0.5, 0.6) is 0 Å². The van der Waals surface area contributed by atoms with Crippen molar-refractivity contribution < 1.29 is 24.2 Å². The summed E-state index contributed by atoms with van der Waals surface area (Å²) in [5.41, 5.74) is -1.22. The minimum Gasteiger partial charge on any atom is -0.479 e. The molecule has 0 radical (unpaired) electrons. The molecule has 102 valence electrons. The summed E-state index contributed by atoms with van der Waals surface area (Å²) in [5.74, 6) is -2.82. The zero-order valence-corrected chi connectivity index (χ0v) is 10.3. The van der Waals surface area contributed by atoms with Gasteiger partial charge >= 0.3 is 11.9 Å². The lowest BCUT2D eigenvalue weighted by atomic mass is 9.94. The van der Waals surface area contributed by atoms with Crippen LogP contribution >= 0.6 is 0 Å². The first-order chi connectivity index (χ1) is 8.98. The minimum absolute atomic E-state index is 0.177. The molecule has 2 N–H and O–H groups in total. The number of carboxylic acid groups (broad SMARTS) is 1. The van der Waals surface area contributed by atoms with Crippen molar-refractivity contribution in [1.29, 1.82) is 0 Å². The number of hydrogen-bond acceptors (Lipinski definition) is 4. The molecule has 2 bridgehead atoms. The molecule has 0 aromatic heterocycles. The molecule has 0 aromatic rings. The van der Waals surface area contributed by atoms with Crippen molar-refractivity contribution in [3.05, 3.63) is 12.7 Å². The van der Waals surface area contributed by atoms with Crippen molar-refractivity contribution >= 4 is 17.8 Å². The number of fused-ring (bicyclic) bond motifs is 2. The maximum Gasteiger partial charge on any atom is 0.330 e. The van der Waals surface area contributed by atoms with Crippen LogP contribution in [0.15, 0.2) is 12.7 Å². The van der Waals surface area contributed by atoms with Gasteiger partial charge in [0.1, 0.15) is 11.6 Å². The van der Waals surface area contributed by atoms with E-state index >= 15 is 0 Å². The number of carboxylic acids is 1. The molecule has 6 nitrogen and oxygen atoms in total. The lowest BCUT2D eigenvalue weighted by Crippen LogP contribution is -2.49. The van der Waals surface area contributed by atoms with Crippen LogP contribution in [0.3, 0.4) is 0 Å². The molecular formula is C13H15NO5. The first-order valence-electron chi connectivity index (χ1n) is 6.36. The maximum absolute atomic E-state index is 12.2. The zero-order valence-electron chi connectivity index (χ0n) is 10.3. The predicted octanol–water partition coefficient (Wildman–Crippen LogP) is 0.0835. The van der Waals surface area contributed by atoms with E-state index in [-0.39, 0.29) is 23.9 Å². The van der Waals surface area contributed by atoms with Gasteiger partial charge in [-0.1, -0.05) is 6.08 Å². The van der Waals surface area contributed by atoms with Gasteiger partial charge in [0.25, 0.3) is 0 Å². The van der Waals surface area contributed by atoms with E-state index in [4.69, 9.17) is 4.74 Å². The summed E-state index contributed by atoms with van der Waals surface area (Å²) in [6, 6.07) is 0. The first kappa shape index (κ1) is 12.2. The van der Waals surface area contributed by atoms with E-state index in [0.29, 0.717) is 19.3 Å². The molecule has 5 unspecified atom stereocenters. The van der Waals surface area contributed by atoms with Gasteiger partial charge < -0.3 is 15.2 Å². The molecular weight excluding hydrogens is 250 g/mol. The number of esters is 1. The quantitative estimate of drug-likeness (QED) is 0.555. The van der Waals surface area contributed by atoms with E-state index in [1.165, 1.54) is 0 Å². The van der Waals surface area contributed by atoms with E-state index in [0.717, 1.165) is 0 Å². The van der Waals surface area contributed by atoms with Crippen molar-refractivity contribution in [2.45, 2.75) is 30.9 Å². The molecule has 3 rings (SSSR count). The van der Waals surface area contributed by atoms with Gasteiger partial charge in [-0.25, -0.2) is 4.79 Å². The lowest BCUT2D eigenvalue weighted by Gasteiger charge is -2.22. The average molecular weight is 265 g/mol. The van der Waals surface area contributed by atoms with Crippen LogP contribution in [-0.4, -0.2) is 34.6 Å². The van der Waals surface area contributed by atoms with Crippen molar-refractivity contribution in [2.24, 2.45) is 17.8 Å². The Morgan fingerprint density at radius 1 is 1.47 bits per heavy atom. The standard InChI is InChI=1S/C13H15NO5/c1-2-6-5-13(6,12(17)18)14-10(15)8-3-7-4-9(8)11(16)19-7/h2,6-9H,1,3-5H2,(H,14,15)(H,17,18). The summed E-state index contributed by atoms with van der Waals surface area (Å²) in [5, 5.41) is 11.8. The number of hydrogen-bond donors (Lipinski definition) is 2. The third-order valence-electron chi connectivity index (χ3n) is 4.47. The van der Waals surface area contributed by atoms with Crippen molar-refractivity contribution in [3.8, 4) is 0 Å². The smallest absolute Gasteiger partial charge is 0.330 e. The number of carbonyl (C=O) groups is 3. The Kier molecular flexibility index (Phi) is 2.45. The van der Waals surface area contributed by atoms with E-state index in [1.54, 1.807) is 6.08 Å². The summed E-state index contributed by atoms with van der Waals surface area (Å²) in [6.07, 6.45) is 2.80. The highest BCUT2D eigenvalue weighted by molar-refractivity contribution is 5.94.